The minimum absolute atomic E-state index is 0.0507. The number of rotatable bonds is 3. The molecule has 1 fully saturated rings. The summed E-state index contributed by atoms with van der Waals surface area (Å²) in [5, 5.41) is 3.01. The van der Waals surface area contributed by atoms with Gasteiger partial charge in [-0.1, -0.05) is 12.1 Å². The number of hydrogen-bond donors (Lipinski definition) is 1. The summed E-state index contributed by atoms with van der Waals surface area (Å²) >= 11 is 1.63. The molecule has 2 amide bonds. The maximum atomic E-state index is 12.4. The van der Waals surface area contributed by atoms with E-state index in [0.29, 0.717) is 13.1 Å². The third kappa shape index (κ3) is 3.73. The molecular formula is C16H19N5OS. The van der Waals surface area contributed by atoms with Crippen LogP contribution in [0.3, 0.4) is 0 Å². The second-order valence-corrected chi connectivity index (χ2v) is 6.02. The van der Waals surface area contributed by atoms with Gasteiger partial charge < -0.3 is 15.1 Å². The summed E-state index contributed by atoms with van der Waals surface area (Å²) < 4.78 is 0. The van der Waals surface area contributed by atoms with Crippen molar-refractivity contribution < 1.29 is 4.79 Å². The topological polar surface area (TPSA) is 61.4 Å². The van der Waals surface area contributed by atoms with Crippen LogP contribution in [0.15, 0.2) is 47.8 Å². The number of urea groups is 1. The number of nitrogens with zero attached hydrogens (tertiary/aromatic N) is 4. The first-order chi connectivity index (χ1) is 11.3. The highest BCUT2D eigenvalue weighted by atomic mass is 32.2. The number of benzene rings is 1. The van der Waals surface area contributed by atoms with Gasteiger partial charge in [-0.15, -0.1) is 11.8 Å². The molecule has 0 atom stereocenters. The maximum absolute atomic E-state index is 12.4. The van der Waals surface area contributed by atoms with E-state index in [-0.39, 0.29) is 6.03 Å². The van der Waals surface area contributed by atoms with Gasteiger partial charge in [-0.2, -0.15) is 0 Å². The van der Waals surface area contributed by atoms with Gasteiger partial charge in [-0.3, -0.25) is 4.98 Å². The van der Waals surface area contributed by atoms with E-state index in [1.54, 1.807) is 30.4 Å². The van der Waals surface area contributed by atoms with Gasteiger partial charge in [0.05, 0.1) is 11.9 Å². The van der Waals surface area contributed by atoms with Gasteiger partial charge in [0.25, 0.3) is 0 Å². The van der Waals surface area contributed by atoms with Crippen LogP contribution in [0.1, 0.15) is 0 Å². The Morgan fingerprint density at radius 3 is 2.65 bits per heavy atom. The van der Waals surface area contributed by atoms with Crippen LogP contribution in [-0.2, 0) is 0 Å². The molecule has 2 aromatic rings. The minimum atomic E-state index is -0.0507. The molecule has 1 aromatic carbocycles. The molecule has 1 aliphatic heterocycles. The SMILES string of the molecule is CSc1ccccc1NC(=O)N1CCN(c2cnccn2)CC1. The zero-order valence-corrected chi connectivity index (χ0v) is 13.8. The van der Waals surface area contributed by atoms with Gasteiger partial charge in [-0.05, 0) is 18.4 Å². The molecule has 7 heteroatoms. The normalized spacial score (nSPS) is 14.7. The molecule has 0 spiro atoms. The lowest BCUT2D eigenvalue weighted by Gasteiger charge is -2.35. The lowest BCUT2D eigenvalue weighted by molar-refractivity contribution is 0.208. The third-order valence-electron chi connectivity index (χ3n) is 3.79. The number of carbonyl (C=O) groups excluding carboxylic acids is 1. The molecule has 0 unspecified atom stereocenters. The van der Waals surface area contributed by atoms with Gasteiger partial charge in [0.15, 0.2) is 0 Å². The van der Waals surface area contributed by atoms with Crippen molar-refractivity contribution >= 4 is 29.3 Å². The summed E-state index contributed by atoms with van der Waals surface area (Å²) in [6.07, 6.45) is 7.11. The number of anilines is 2. The van der Waals surface area contributed by atoms with Crippen molar-refractivity contribution in [2.75, 3.05) is 42.7 Å². The van der Waals surface area contributed by atoms with Gasteiger partial charge in [0.1, 0.15) is 5.82 Å². The molecule has 0 saturated carbocycles. The molecule has 6 nitrogen and oxygen atoms in total. The highest BCUT2D eigenvalue weighted by Gasteiger charge is 2.22. The quantitative estimate of drug-likeness (QED) is 0.877. The van der Waals surface area contributed by atoms with E-state index in [1.165, 1.54) is 0 Å². The standard InChI is InChI=1S/C16H19N5OS/c1-23-14-5-3-2-4-13(14)19-16(22)21-10-8-20(9-11-21)15-12-17-6-7-18-15/h2-7,12H,8-11H2,1H3,(H,19,22). The Hall–Kier alpha value is -2.28. The highest BCUT2D eigenvalue weighted by molar-refractivity contribution is 7.98. The highest BCUT2D eigenvalue weighted by Crippen LogP contribution is 2.25. The van der Waals surface area contributed by atoms with E-state index < -0.39 is 0 Å². The molecular weight excluding hydrogens is 310 g/mol. The number of nitrogens with one attached hydrogen (secondary N) is 1. The third-order valence-corrected chi connectivity index (χ3v) is 4.58. The van der Waals surface area contributed by atoms with Crippen molar-refractivity contribution in [3.05, 3.63) is 42.9 Å². The number of thioether (sulfide) groups is 1. The fourth-order valence-corrected chi connectivity index (χ4v) is 3.09. The Balaban J connectivity index is 1.58. The smallest absolute Gasteiger partial charge is 0.321 e. The van der Waals surface area contributed by atoms with Crippen LogP contribution in [0.25, 0.3) is 0 Å². The van der Waals surface area contributed by atoms with Crippen molar-refractivity contribution in [2.24, 2.45) is 0 Å². The maximum Gasteiger partial charge on any atom is 0.321 e. The number of aromatic nitrogens is 2. The predicted molar refractivity (Wildman–Crippen MR) is 93.1 cm³/mol. The average molecular weight is 329 g/mol. The average Bonchev–Trinajstić information content (AvgIpc) is 2.63. The van der Waals surface area contributed by atoms with Crippen LogP contribution < -0.4 is 10.2 Å². The van der Waals surface area contributed by atoms with Crippen LogP contribution in [0.4, 0.5) is 16.3 Å². The Kier molecular flexibility index (Phi) is 4.97. The number of amides is 2. The summed E-state index contributed by atoms with van der Waals surface area (Å²) in [5.41, 5.74) is 0.862. The van der Waals surface area contributed by atoms with Crippen LogP contribution >= 0.6 is 11.8 Å². The summed E-state index contributed by atoms with van der Waals surface area (Å²) in [6, 6.07) is 7.79. The number of carbonyl (C=O) groups is 1. The molecule has 3 rings (SSSR count). The molecule has 1 aromatic heterocycles. The van der Waals surface area contributed by atoms with Crippen LogP contribution in [-0.4, -0.2) is 53.3 Å². The summed E-state index contributed by atoms with van der Waals surface area (Å²) in [4.78, 5) is 25.9. The van der Waals surface area contributed by atoms with E-state index in [4.69, 9.17) is 0 Å². The molecule has 23 heavy (non-hydrogen) atoms. The van der Waals surface area contributed by atoms with Gasteiger partial charge in [0.2, 0.25) is 0 Å². The largest absolute Gasteiger partial charge is 0.352 e. The van der Waals surface area contributed by atoms with Crippen LogP contribution in [0, 0.1) is 0 Å². The first-order valence-electron chi connectivity index (χ1n) is 7.48. The zero-order chi connectivity index (χ0) is 16.1. The molecule has 1 aliphatic rings. The van der Waals surface area contributed by atoms with Gasteiger partial charge in [0, 0.05) is 43.5 Å². The van der Waals surface area contributed by atoms with E-state index in [2.05, 4.69) is 20.2 Å². The van der Waals surface area contributed by atoms with E-state index in [9.17, 15) is 4.79 Å². The first-order valence-corrected chi connectivity index (χ1v) is 8.70. The Bertz CT molecular complexity index is 659. The fraction of sp³-hybridized carbons (Fsp3) is 0.312. The van der Waals surface area contributed by atoms with E-state index in [0.717, 1.165) is 29.5 Å². The number of para-hydroxylation sites is 1. The Morgan fingerprint density at radius 2 is 1.96 bits per heavy atom. The van der Waals surface area contributed by atoms with Crippen molar-refractivity contribution in [3.63, 3.8) is 0 Å². The Labute approximate surface area is 139 Å². The summed E-state index contributed by atoms with van der Waals surface area (Å²) in [5.74, 6) is 0.861. The fourth-order valence-electron chi connectivity index (χ4n) is 2.54. The lowest BCUT2D eigenvalue weighted by Crippen LogP contribution is -2.50. The predicted octanol–water partition coefficient (Wildman–Crippen LogP) is 2.55. The minimum Gasteiger partial charge on any atom is -0.352 e. The van der Waals surface area contributed by atoms with Crippen molar-refractivity contribution in [2.45, 2.75) is 4.90 Å². The number of hydrogen-bond acceptors (Lipinski definition) is 5. The van der Waals surface area contributed by atoms with Crippen LogP contribution in [0.2, 0.25) is 0 Å². The van der Waals surface area contributed by atoms with Crippen molar-refractivity contribution in [1.29, 1.82) is 0 Å². The lowest BCUT2D eigenvalue weighted by atomic mass is 10.3. The van der Waals surface area contributed by atoms with E-state index >= 15 is 0 Å². The van der Waals surface area contributed by atoms with Crippen LogP contribution in [0.5, 0.6) is 0 Å². The van der Waals surface area contributed by atoms with E-state index in [1.807, 2.05) is 35.4 Å². The molecule has 120 valence electrons. The Morgan fingerprint density at radius 1 is 1.17 bits per heavy atom. The summed E-state index contributed by atoms with van der Waals surface area (Å²) in [6.45, 7) is 2.86. The van der Waals surface area contributed by atoms with Crippen molar-refractivity contribution in [3.8, 4) is 0 Å². The van der Waals surface area contributed by atoms with Crippen molar-refractivity contribution in [1.82, 2.24) is 14.9 Å². The monoisotopic (exact) mass is 329 g/mol. The van der Waals surface area contributed by atoms with Gasteiger partial charge >= 0.3 is 6.03 Å². The zero-order valence-electron chi connectivity index (χ0n) is 13.0. The molecule has 1 saturated heterocycles. The molecule has 0 bridgehead atoms. The molecule has 0 radical (unpaired) electrons. The first kappa shape index (κ1) is 15.6. The number of piperazine rings is 1. The molecule has 0 aliphatic carbocycles. The van der Waals surface area contributed by atoms with Gasteiger partial charge in [-0.25, -0.2) is 9.78 Å². The molecule has 2 heterocycles. The second-order valence-electron chi connectivity index (χ2n) is 5.17. The summed E-state index contributed by atoms with van der Waals surface area (Å²) in [7, 11) is 0. The molecule has 1 N–H and O–H groups in total. The second kappa shape index (κ2) is 7.32.